The van der Waals surface area contributed by atoms with Gasteiger partial charge in [0, 0.05) is 5.69 Å². The molecule has 28 heavy (non-hydrogen) atoms. The molecule has 1 aromatic carbocycles. The van der Waals surface area contributed by atoms with Crippen LogP contribution in [0.5, 0.6) is 0 Å². The summed E-state index contributed by atoms with van der Waals surface area (Å²) in [6, 6.07) is 9.58. The Hall–Kier alpha value is -2.20. The number of furan rings is 1. The van der Waals surface area contributed by atoms with E-state index < -0.39 is 10.0 Å². The van der Waals surface area contributed by atoms with Crippen molar-refractivity contribution in [2.75, 3.05) is 25.0 Å². The molecule has 3 rings (SSSR count). The van der Waals surface area contributed by atoms with Gasteiger partial charge in [-0.15, -0.1) is 0 Å². The van der Waals surface area contributed by atoms with Crippen LogP contribution in [0.2, 0.25) is 0 Å². The van der Waals surface area contributed by atoms with Gasteiger partial charge in [0.25, 0.3) is 5.91 Å². The Balaban J connectivity index is 1.60. The van der Waals surface area contributed by atoms with Crippen molar-refractivity contribution in [3.05, 3.63) is 48.4 Å². The molecule has 1 aliphatic rings. The first-order valence-corrected chi connectivity index (χ1v) is 10.7. The highest BCUT2D eigenvalue weighted by Gasteiger charge is 2.27. The highest BCUT2D eigenvalue weighted by Crippen LogP contribution is 2.16. The Morgan fingerprint density at radius 2 is 1.93 bits per heavy atom. The third kappa shape index (κ3) is 5.65. The second-order valence-corrected chi connectivity index (χ2v) is 8.84. The number of carbonyl (C=O) groups is 1. The van der Waals surface area contributed by atoms with Crippen LogP contribution in [0.15, 0.2) is 52.0 Å². The smallest absolute Gasteiger partial charge is 0.279 e. The van der Waals surface area contributed by atoms with Crippen molar-refractivity contribution < 1.29 is 27.3 Å². The number of amides is 1. The second kappa shape index (κ2) is 8.87. The van der Waals surface area contributed by atoms with Gasteiger partial charge in [-0.2, -0.15) is 0 Å². The lowest BCUT2D eigenvalue weighted by atomic mass is 10.2. The third-order valence-corrected chi connectivity index (χ3v) is 5.87. The van der Waals surface area contributed by atoms with E-state index in [1.165, 1.54) is 18.4 Å². The molecule has 1 amide bonds. The fourth-order valence-electron chi connectivity index (χ4n) is 3.37. The van der Waals surface area contributed by atoms with Crippen molar-refractivity contribution in [3.63, 3.8) is 0 Å². The van der Waals surface area contributed by atoms with Gasteiger partial charge in [-0.3, -0.25) is 4.79 Å². The van der Waals surface area contributed by atoms with Gasteiger partial charge in [0.15, 0.2) is 6.54 Å². The van der Waals surface area contributed by atoms with Crippen LogP contribution in [0.25, 0.3) is 0 Å². The fourth-order valence-corrected chi connectivity index (χ4v) is 4.41. The van der Waals surface area contributed by atoms with Crippen LogP contribution >= 0.6 is 0 Å². The molecule has 2 heterocycles. The number of ether oxygens (including phenoxy) is 1. The van der Waals surface area contributed by atoms with E-state index in [1.807, 2.05) is 13.8 Å². The number of quaternary nitrogens is 1. The molecule has 1 saturated heterocycles. The molecule has 0 aliphatic carbocycles. The minimum Gasteiger partial charge on any atom is -0.468 e. The second-order valence-electron chi connectivity index (χ2n) is 7.07. The van der Waals surface area contributed by atoms with Crippen molar-refractivity contribution in [2.24, 2.45) is 0 Å². The maximum absolute atomic E-state index is 12.5. The lowest BCUT2D eigenvalue weighted by Crippen LogP contribution is -3.16. The number of rotatable bonds is 7. The highest BCUT2D eigenvalue weighted by atomic mass is 32.2. The normalized spacial score (nSPS) is 22.7. The average Bonchev–Trinajstić information content (AvgIpc) is 3.13. The zero-order chi connectivity index (χ0) is 20.1. The standard InChI is InChI=1S/C19H25N3O5S/c1-14-11-22(12-15(2)27-14)13-19(23)21-16-5-3-7-18(9-16)28(24,25)20-10-17-6-4-8-26-17/h3-9,14-15,20H,10-13H2,1-2H3,(H,21,23)/p+1/t14-,15-/m0/s1. The SMILES string of the molecule is C[C@H]1C[NH+](CC(=O)Nc2cccc(S(=O)(=O)NCc3ccco3)c2)C[C@H](C)O1. The molecular weight excluding hydrogens is 382 g/mol. The minimum absolute atomic E-state index is 0.0582. The predicted molar refractivity (Wildman–Crippen MR) is 103 cm³/mol. The molecule has 0 unspecified atom stereocenters. The molecule has 0 saturated carbocycles. The first-order chi connectivity index (χ1) is 13.3. The third-order valence-electron chi connectivity index (χ3n) is 4.47. The number of hydrogen-bond acceptors (Lipinski definition) is 5. The van der Waals surface area contributed by atoms with Gasteiger partial charge in [-0.05, 0) is 44.2 Å². The number of hydrogen-bond donors (Lipinski definition) is 3. The largest absolute Gasteiger partial charge is 0.468 e. The van der Waals surface area contributed by atoms with Crippen LogP contribution in [-0.2, 0) is 26.1 Å². The average molecular weight is 409 g/mol. The Morgan fingerprint density at radius 3 is 2.61 bits per heavy atom. The Kier molecular flexibility index (Phi) is 6.50. The van der Waals surface area contributed by atoms with Crippen LogP contribution in [0.4, 0.5) is 5.69 Å². The Labute approximate surface area is 164 Å². The molecule has 1 fully saturated rings. The summed E-state index contributed by atoms with van der Waals surface area (Å²) in [7, 11) is -3.72. The zero-order valence-corrected chi connectivity index (χ0v) is 16.8. The quantitative estimate of drug-likeness (QED) is 0.615. The molecule has 2 atom stereocenters. The molecule has 0 radical (unpaired) electrons. The molecule has 0 bridgehead atoms. The van der Waals surface area contributed by atoms with Crippen molar-refractivity contribution >= 4 is 21.6 Å². The number of benzene rings is 1. The van der Waals surface area contributed by atoms with E-state index >= 15 is 0 Å². The molecule has 2 aromatic rings. The summed E-state index contributed by atoms with van der Waals surface area (Å²) in [4.78, 5) is 13.6. The number of sulfonamides is 1. The monoisotopic (exact) mass is 408 g/mol. The molecule has 8 nitrogen and oxygen atoms in total. The van der Waals surface area contributed by atoms with E-state index in [9.17, 15) is 13.2 Å². The Morgan fingerprint density at radius 1 is 1.18 bits per heavy atom. The van der Waals surface area contributed by atoms with Crippen molar-refractivity contribution in [1.82, 2.24) is 4.72 Å². The van der Waals surface area contributed by atoms with Crippen molar-refractivity contribution in [2.45, 2.75) is 37.5 Å². The molecular formula is C19H26N3O5S+. The van der Waals surface area contributed by atoms with Gasteiger partial charge in [0.05, 0.1) is 17.7 Å². The minimum atomic E-state index is -3.72. The van der Waals surface area contributed by atoms with E-state index in [0.717, 1.165) is 18.0 Å². The molecule has 1 aliphatic heterocycles. The maximum atomic E-state index is 12.5. The van der Waals surface area contributed by atoms with E-state index in [0.29, 0.717) is 18.0 Å². The van der Waals surface area contributed by atoms with Gasteiger partial charge >= 0.3 is 0 Å². The van der Waals surface area contributed by atoms with Crippen LogP contribution in [0.1, 0.15) is 19.6 Å². The zero-order valence-electron chi connectivity index (χ0n) is 16.0. The topological polar surface area (TPSA) is 102 Å². The molecule has 0 spiro atoms. The van der Waals surface area contributed by atoms with Crippen LogP contribution in [0.3, 0.4) is 0 Å². The van der Waals surface area contributed by atoms with E-state index in [1.54, 1.807) is 24.3 Å². The molecule has 9 heteroatoms. The summed E-state index contributed by atoms with van der Waals surface area (Å²) in [5.74, 6) is 0.361. The first kappa shape index (κ1) is 20.5. The number of morpholine rings is 1. The van der Waals surface area contributed by atoms with Crippen LogP contribution in [-0.4, -0.2) is 46.2 Å². The summed E-state index contributed by atoms with van der Waals surface area (Å²) >= 11 is 0. The van der Waals surface area contributed by atoms with Gasteiger partial charge in [0.1, 0.15) is 31.1 Å². The first-order valence-electron chi connectivity index (χ1n) is 9.23. The van der Waals surface area contributed by atoms with E-state index in [2.05, 4.69) is 10.0 Å². The van der Waals surface area contributed by atoms with E-state index in [4.69, 9.17) is 9.15 Å². The highest BCUT2D eigenvalue weighted by molar-refractivity contribution is 7.89. The van der Waals surface area contributed by atoms with Crippen molar-refractivity contribution in [3.8, 4) is 0 Å². The molecule has 152 valence electrons. The van der Waals surface area contributed by atoms with Gasteiger partial charge in [-0.1, -0.05) is 6.07 Å². The number of carbonyl (C=O) groups excluding carboxylic acids is 1. The van der Waals surface area contributed by atoms with Crippen LogP contribution in [0, 0.1) is 0 Å². The summed E-state index contributed by atoms with van der Waals surface area (Å²) in [6.45, 7) is 5.90. The number of anilines is 1. The van der Waals surface area contributed by atoms with Crippen LogP contribution < -0.4 is 14.9 Å². The summed E-state index contributed by atoms with van der Waals surface area (Å²) in [5.41, 5.74) is 0.444. The maximum Gasteiger partial charge on any atom is 0.279 e. The van der Waals surface area contributed by atoms with Crippen molar-refractivity contribution in [1.29, 1.82) is 0 Å². The summed E-state index contributed by atoms with van der Waals surface area (Å²) < 4.78 is 38.2. The van der Waals surface area contributed by atoms with Gasteiger partial charge < -0.3 is 19.4 Å². The Bertz CT molecular complexity index is 888. The predicted octanol–water partition coefficient (Wildman–Crippen LogP) is 0.389. The van der Waals surface area contributed by atoms with E-state index in [-0.39, 0.29) is 29.6 Å². The molecule has 3 N–H and O–H groups in total. The summed E-state index contributed by atoms with van der Waals surface area (Å²) in [6.07, 6.45) is 1.71. The molecule has 1 aromatic heterocycles. The number of nitrogens with one attached hydrogen (secondary N) is 3. The lowest BCUT2D eigenvalue weighted by Gasteiger charge is -2.31. The van der Waals surface area contributed by atoms with Gasteiger partial charge in [0.2, 0.25) is 10.0 Å². The fraction of sp³-hybridized carbons (Fsp3) is 0.421. The summed E-state index contributed by atoms with van der Waals surface area (Å²) in [5, 5.41) is 2.79. The van der Waals surface area contributed by atoms with Gasteiger partial charge in [-0.25, -0.2) is 13.1 Å². The lowest BCUT2D eigenvalue weighted by molar-refractivity contribution is -0.907.